The maximum absolute atomic E-state index is 10.8. The fourth-order valence-corrected chi connectivity index (χ4v) is 1.33. The summed E-state index contributed by atoms with van der Waals surface area (Å²) in [7, 11) is 1.46. The van der Waals surface area contributed by atoms with E-state index in [9.17, 15) is 4.79 Å². The molecule has 2 heteroatoms. The minimum absolute atomic E-state index is 0.0208. The maximum Gasteiger partial charge on any atom is 0.308 e. The van der Waals surface area contributed by atoms with Crippen molar-refractivity contribution in [2.24, 2.45) is 5.92 Å². The van der Waals surface area contributed by atoms with Crippen LogP contribution in [0.25, 0.3) is 0 Å². The second kappa shape index (κ2) is 8.09. The Bertz CT molecular complexity index is 124. The van der Waals surface area contributed by atoms with Gasteiger partial charge in [-0.05, 0) is 12.8 Å². The molecule has 0 unspecified atom stereocenters. The Morgan fingerprint density at radius 2 is 1.69 bits per heavy atom. The lowest BCUT2D eigenvalue weighted by Crippen LogP contribution is -2.11. The molecule has 13 heavy (non-hydrogen) atoms. The summed E-state index contributed by atoms with van der Waals surface area (Å²) < 4.78 is 4.60. The number of carbonyl (C=O) groups is 1. The smallest absolute Gasteiger partial charge is 0.308 e. The molecule has 0 aromatic heterocycles. The molecule has 0 spiro atoms. The van der Waals surface area contributed by atoms with E-state index in [-0.39, 0.29) is 11.9 Å². The highest BCUT2D eigenvalue weighted by atomic mass is 16.5. The molecule has 0 aromatic rings. The molecule has 0 heterocycles. The van der Waals surface area contributed by atoms with E-state index in [1.54, 1.807) is 0 Å². The number of carbonyl (C=O) groups excluding carboxylic acids is 1. The fourth-order valence-electron chi connectivity index (χ4n) is 1.33. The summed E-state index contributed by atoms with van der Waals surface area (Å²) >= 11 is 0. The van der Waals surface area contributed by atoms with Crippen LogP contribution in [0.5, 0.6) is 0 Å². The molecule has 1 fully saturated rings. The van der Waals surface area contributed by atoms with Crippen molar-refractivity contribution in [3.05, 3.63) is 0 Å². The summed E-state index contributed by atoms with van der Waals surface area (Å²) in [5, 5.41) is 0. The summed E-state index contributed by atoms with van der Waals surface area (Å²) in [5.74, 6) is 0.197. The molecule has 0 amide bonds. The van der Waals surface area contributed by atoms with Gasteiger partial charge in [0, 0.05) is 0 Å². The quantitative estimate of drug-likeness (QED) is 0.619. The predicted octanol–water partition coefficient (Wildman–Crippen LogP) is 3.16. The lowest BCUT2D eigenvalue weighted by atomic mass is 10.1. The monoisotopic (exact) mass is 186 g/mol. The Morgan fingerprint density at radius 3 is 2.00 bits per heavy atom. The predicted molar refractivity (Wildman–Crippen MR) is 54.6 cm³/mol. The van der Waals surface area contributed by atoms with Crippen molar-refractivity contribution in [3.8, 4) is 0 Å². The van der Waals surface area contributed by atoms with Crippen LogP contribution in [0.4, 0.5) is 0 Å². The Morgan fingerprint density at radius 1 is 1.23 bits per heavy atom. The van der Waals surface area contributed by atoms with Gasteiger partial charge >= 0.3 is 5.97 Å². The van der Waals surface area contributed by atoms with Crippen LogP contribution in [-0.4, -0.2) is 13.1 Å². The van der Waals surface area contributed by atoms with Crippen LogP contribution >= 0.6 is 0 Å². The van der Waals surface area contributed by atoms with Crippen LogP contribution in [0.1, 0.15) is 52.4 Å². The summed E-state index contributed by atoms with van der Waals surface area (Å²) in [4.78, 5) is 10.8. The molecular formula is C11H22O2. The van der Waals surface area contributed by atoms with Gasteiger partial charge in [-0.15, -0.1) is 0 Å². The Kier molecular flexibility index (Phi) is 7.76. The third kappa shape index (κ3) is 5.67. The highest BCUT2D eigenvalue weighted by Crippen LogP contribution is 2.25. The second-order valence-electron chi connectivity index (χ2n) is 3.50. The maximum atomic E-state index is 10.8. The molecule has 0 bridgehead atoms. The number of hydrogen-bond donors (Lipinski definition) is 0. The van der Waals surface area contributed by atoms with E-state index in [1.165, 1.54) is 32.8 Å². The standard InChI is InChI=1S/C7H12O2.C4H10/c1-9-7(8)6-4-2-3-5-6;1-3-4-2/h6H,2-5H2,1H3;3-4H2,1-2H3. The minimum Gasteiger partial charge on any atom is -0.469 e. The van der Waals surface area contributed by atoms with Crippen LogP contribution in [0, 0.1) is 5.92 Å². The first kappa shape index (κ1) is 12.5. The second-order valence-corrected chi connectivity index (χ2v) is 3.50. The third-order valence-corrected chi connectivity index (χ3v) is 2.39. The summed E-state index contributed by atoms with van der Waals surface area (Å²) in [6.07, 6.45) is 7.10. The Hall–Kier alpha value is -0.530. The highest BCUT2D eigenvalue weighted by Gasteiger charge is 2.22. The zero-order valence-corrected chi connectivity index (χ0v) is 9.14. The molecule has 0 radical (unpaired) electrons. The molecule has 1 aliphatic carbocycles. The van der Waals surface area contributed by atoms with E-state index in [2.05, 4.69) is 18.6 Å². The number of rotatable bonds is 2. The molecule has 1 rings (SSSR count). The van der Waals surface area contributed by atoms with Gasteiger partial charge in [-0.25, -0.2) is 0 Å². The van der Waals surface area contributed by atoms with E-state index in [4.69, 9.17) is 0 Å². The van der Waals surface area contributed by atoms with Gasteiger partial charge < -0.3 is 4.74 Å². The van der Waals surface area contributed by atoms with E-state index < -0.39 is 0 Å². The van der Waals surface area contributed by atoms with E-state index in [0.717, 1.165) is 12.8 Å². The number of unbranched alkanes of at least 4 members (excludes halogenated alkanes) is 1. The van der Waals surface area contributed by atoms with Crippen molar-refractivity contribution < 1.29 is 9.53 Å². The van der Waals surface area contributed by atoms with Crippen LogP contribution in [-0.2, 0) is 9.53 Å². The first-order valence-corrected chi connectivity index (χ1v) is 5.34. The van der Waals surface area contributed by atoms with Gasteiger partial charge in [-0.2, -0.15) is 0 Å². The van der Waals surface area contributed by atoms with Gasteiger partial charge in [-0.1, -0.05) is 39.5 Å². The summed E-state index contributed by atoms with van der Waals surface area (Å²) in [6, 6.07) is 0. The van der Waals surface area contributed by atoms with Crippen LogP contribution in [0.3, 0.4) is 0 Å². The van der Waals surface area contributed by atoms with Crippen LogP contribution < -0.4 is 0 Å². The van der Waals surface area contributed by atoms with E-state index >= 15 is 0 Å². The van der Waals surface area contributed by atoms with E-state index in [1.807, 2.05) is 0 Å². The average Bonchev–Trinajstić information content (AvgIpc) is 2.70. The first-order valence-electron chi connectivity index (χ1n) is 5.34. The third-order valence-electron chi connectivity index (χ3n) is 2.39. The largest absolute Gasteiger partial charge is 0.469 e. The SMILES string of the molecule is CCCC.COC(=O)C1CCCC1. The van der Waals surface area contributed by atoms with Crippen molar-refractivity contribution >= 4 is 5.97 Å². The summed E-state index contributed by atoms with van der Waals surface area (Å²) in [6.45, 7) is 4.36. The summed E-state index contributed by atoms with van der Waals surface area (Å²) in [5.41, 5.74) is 0. The number of ether oxygens (including phenoxy) is 1. The molecule has 0 aliphatic heterocycles. The first-order chi connectivity index (χ1) is 6.26. The van der Waals surface area contributed by atoms with Crippen LogP contribution in [0.15, 0.2) is 0 Å². The molecular weight excluding hydrogens is 164 g/mol. The van der Waals surface area contributed by atoms with Crippen molar-refractivity contribution in [1.29, 1.82) is 0 Å². The topological polar surface area (TPSA) is 26.3 Å². The number of esters is 1. The van der Waals surface area contributed by atoms with Crippen molar-refractivity contribution in [1.82, 2.24) is 0 Å². The highest BCUT2D eigenvalue weighted by molar-refractivity contribution is 5.72. The fraction of sp³-hybridized carbons (Fsp3) is 0.909. The van der Waals surface area contributed by atoms with Crippen molar-refractivity contribution in [2.45, 2.75) is 52.4 Å². The normalized spacial score (nSPS) is 16.2. The molecule has 2 nitrogen and oxygen atoms in total. The zero-order valence-electron chi connectivity index (χ0n) is 9.14. The van der Waals surface area contributed by atoms with Gasteiger partial charge in [0.15, 0.2) is 0 Å². The van der Waals surface area contributed by atoms with Gasteiger partial charge in [0.1, 0.15) is 0 Å². The van der Waals surface area contributed by atoms with E-state index in [0.29, 0.717) is 0 Å². The molecule has 0 N–H and O–H groups in total. The number of hydrogen-bond acceptors (Lipinski definition) is 2. The molecule has 1 aliphatic rings. The van der Waals surface area contributed by atoms with Gasteiger partial charge in [0.05, 0.1) is 13.0 Å². The minimum atomic E-state index is -0.0208. The Labute approximate surface area is 81.7 Å². The van der Waals surface area contributed by atoms with Gasteiger partial charge in [-0.3, -0.25) is 4.79 Å². The lowest BCUT2D eigenvalue weighted by Gasteiger charge is -2.03. The zero-order chi connectivity index (χ0) is 10.1. The molecule has 0 aromatic carbocycles. The average molecular weight is 186 g/mol. The molecule has 78 valence electrons. The molecule has 1 saturated carbocycles. The van der Waals surface area contributed by atoms with Crippen LogP contribution in [0.2, 0.25) is 0 Å². The molecule has 0 atom stereocenters. The van der Waals surface area contributed by atoms with Crippen molar-refractivity contribution in [3.63, 3.8) is 0 Å². The molecule has 0 saturated heterocycles. The lowest BCUT2D eigenvalue weighted by molar-refractivity contribution is -0.145. The number of methoxy groups -OCH3 is 1. The van der Waals surface area contributed by atoms with Gasteiger partial charge in [0.2, 0.25) is 0 Å². The van der Waals surface area contributed by atoms with Gasteiger partial charge in [0.25, 0.3) is 0 Å². The Balaban J connectivity index is 0.000000310. The van der Waals surface area contributed by atoms with Crippen molar-refractivity contribution in [2.75, 3.05) is 7.11 Å².